The Kier molecular flexibility index (Phi) is 5.02. The average Bonchev–Trinajstić information content (AvgIpc) is 2.38. The summed E-state index contributed by atoms with van der Waals surface area (Å²) in [5, 5.41) is 3.65. The molecule has 1 unspecified atom stereocenters. The van der Waals surface area contributed by atoms with Crippen LogP contribution in [0, 0.1) is 11.6 Å². The molecule has 1 nitrogen and oxygen atoms in total. The van der Waals surface area contributed by atoms with Crippen LogP contribution in [0.25, 0.3) is 0 Å². The van der Waals surface area contributed by atoms with Crippen LogP contribution in [0.15, 0.2) is 34.8 Å². The van der Waals surface area contributed by atoms with Gasteiger partial charge in [-0.2, -0.15) is 0 Å². The molecule has 0 saturated carbocycles. The van der Waals surface area contributed by atoms with E-state index in [0.29, 0.717) is 10.6 Å². The van der Waals surface area contributed by atoms with Gasteiger partial charge in [0.05, 0.1) is 6.04 Å². The van der Waals surface area contributed by atoms with Crippen molar-refractivity contribution in [2.45, 2.75) is 6.04 Å². The number of hydrogen-bond acceptors (Lipinski definition) is 1. The van der Waals surface area contributed by atoms with Gasteiger partial charge in [0.15, 0.2) is 11.6 Å². The number of hydrogen-bond donors (Lipinski definition) is 1. The van der Waals surface area contributed by atoms with Crippen molar-refractivity contribution in [1.29, 1.82) is 0 Å². The van der Waals surface area contributed by atoms with E-state index in [1.165, 1.54) is 0 Å². The zero-order valence-corrected chi connectivity index (χ0v) is 13.5. The molecule has 0 saturated heterocycles. The first kappa shape index (κ1) is 15.7. The van der Waals surface area contributed by atoms with Crippen LogP contribution in [0.5, 0.6) is 0 Å². The summed E-state index contributed by atoms with van der Waals surface area (Å²) in [5.74, 6) is -1.92. The zero-order valence-electron chi connectivity index (χ0n) is 10.4. The van der Waals surface area contributed by atoms with Gasteiger partial charge in [-0.15, -0.1) is 0 Å². The Morgan fingerprint density at radius 2 is 1.60 bits per heavy atom. The molecule has 0 fully saturated rings. The second kappa shape index (κ2) is 6.39. The highest BCUT2D eigenvalue weighted by atomic mass is 79.9. The summed E-state index contributed by atoms with van der Waals surface area (Å²) in [6.07, 6.45) is 0. The van der Waals surface area contributed by atoms with Gasteiger partial charge in [0.2, 0.25) is 0 Å². The summed E-state index contributed by atoms with van der Waals surface area (Å²) >= 11 is 15.5. The fourth-order valence-electron chi connectivity index (χ4n) is 1.97. The monoisotopic (exact) mass is 379 g/mol. The lowest BCUT2D eigenvalue weighted by molar-refractivity contribution is 0.505. The van der Waals surface area contributed by atoms with Gasteiger partial charge in [-0.3, -0.25) is 0 Å². The lowest BCUT2D eigenvalue weighted by Crippen LogP contribution is -2.19. The van der Waals surface area contributed by atoms with Crippen molar-refractivity contribution >= 4 is 39.1 Å². The van der Waals surface area contributed by atoms with Crippen molar-refractivity contribution in [3.8, 4) is 0 Å². The first-order valence-electron chi connectivity index (χ1n) is 5.70. The van der Waals surface area contributed by atoms with Crippen molar-refractivity contribution in [1.82, 2.24) is 5.32 Å². The summed E-state index contributed by atoms with van der Waals surface area (Å²) in [6, 6.07) is 6.96. The molecule has 20 heavy (non-hydrogen) atoms. The van der Waals surface area contributed by atoms with Crippen LogP contribution in [-0.2, 0) is 0 Å². The normalized spacial score (nSPS) is 12.5. The van der Waals surface area contributed by atoms with Crippen molar-refractivity contribution in [2.75, 3.05) is 7.05 Å². The minimum Gasteiger partial charge on any atom is -0.309 e. The molecule has 0 radical (unpaired) electrons. The molecular weight excluding hydrogens is 371 g/mol. The van der Waals surface area contributed by atoms with E-state index in [9.17, 15) is 8.78 Å². The first-order chi connectivity index (χ1) is 9.43. The fourth-order valence-corrected chi connectivity index (χ4v) is 3.02. The van der Waals surface area contributed by atoms with Crippen molar-refractivity contribution in [3.05, 3.63) is 67.6 Å². The second-order valence-electron chi connectivity index (χ2n) is 4.18. The van der Waals surface area contributed by atoms with Crippen LogP contribution < -0.4 is 5.32 Å². The van der Waals surface area contributed by atoms with E-state index in [1.54, 1.807) is 19.2 Å². The minimum absolute atomic E-state index is 0.141. The SMILES string of the molecule is CNC(c1ccc(Br)cc1Cl)c1cc(F)c(F)cc1Cl. The number of halogens is 5. The highest BCUT2D eigenvalue weighted by Crippen LogP contribution is 2.34. The van der Waals surface area contributed by atoms with E-state index in [4.69, 9.17) is 23.2 Å². The predicted octanol–water partition coefficient (Wildman–Crippen LogP) is 5.34. The van der Waals surface area contributed by atoms with E-state index in [1.807, 2.05) is 6.07 Å². The van der Waals surface area contributed by atoms with E-state index in [-0.39, 0.29) is 5.02 Å². The predicted molar refractivity (Wildman–Crippen MR) is 81.4 cm³/mol. The van der Waals surface area contributed by atoms with Gasteiger partial charge in [-0.25, -0.2) is 8.78 Å². The van der Waals surface area contributed by atoms with Crippen LogP contribution in [0.3, 0.4) is 0 Å². The number of benzene rings is 2. The largest absolute Gasteiger partial charge is 0.309 e. The third-order valence-corrected chi connectivity index (χ3v) is 4.06. The van der Waals surface area contributed by atoms with Crippen LogP contribution in [0.2, 0.25) is 10.0 Å². The third kappa shape index (κ3) is 3.14. The summed E-state index contributed by atoms with van der Waals surface area (Å²) < 4.78 is 27.4. The maximum Gasteiger partial charge on any atom is 0.160 e. The molecule has 106 valence electrons. The van der Waals surface area contributed by atoms with Gasteiger partial charge in [-0.05, 0) is 42.4 Å². The van der Waals surface area contributed by atoms with Gasteiger partial charge in [0, 0.05) is 14.5 Å². The van der Waals surface area contributed by atoms with Gasteiger partial charge >= 0.3 is 0 Å². The van der Waals surface area contributed by atoms with Crippen molar-refractivity contribution in [3.63, 3.8) is 0 Å². The minimum atomic E-state index is -0.976. The molecule has 0 heterocycles. The zero-order chi connectivity index (χ0) is 14.9. The molecule has 0 bridgehead atoms. The molecule has 0 aliphatic heterocycles. The number of rotatable bonds is 3. The second-order valence-corrected chi connectivity index (χ2v) is 5.91. The lowest BCUT2D eigenvalue weighted by Gasteiger charge is -2.20. The summed E-state index contributed by atoms with van der Waals surface area (Å²) in [7, 11) is 1.70. The Morgan fingerprint density at radius 1 is 1.00 bits per heavy atom. The molecule has 0 spiro atoms. The molecule has 1 N–H and O–H groups in total. The van der Waals surface area contributed by atoms with Crippen LogP contribution in [-0.4, -0.2) is 7.05 Å². The molecule has 2 aromatic carbocycles. The summed E-state index contributed by atoms with van der Waals surface area (Å²) in [5.41, 5.74) is 1.16. The topological polar surface area (TPSA) is 12.0 Å². The quantitative estimate of drug-likeness (QED) is 0.708. The molecule has 2 rings (SSSR count). The standard InChI is InChI=1S/C14H10BrCl2F2N/c1-20-14(8-3-2-7(15)4-10(8)16)9-5-12(18)13(19)6-11(9)17/h2-6,14,20H,1H3. The molecule has 0 aliphatic rings. The Hall–Kier alpha value is -0.680. The molecule has 0 aromatic heterocycles. The molecular formula is C14H10BrCl2F2N. The molecule has 2 aromatic rings. The highest BCUT2D eigenvalue weighted by molar-refractivity contribution is 9.10. The average molecular weight is 381 g/mol. The summed E-state index contributed by atoms with van der Waals surface area (Å²) in [6.45, 7) is 0. The van der Waals surface area contributed by atoms with Crippen LogP contribution in [0.1, 0.15) is 17.2 Å². The van der Waals surface area contributed by atoms with Gasteiger partial charge in [0.1, 0.15) is 0 Å². The third-order valence-electron chi connectivity index (χ3n) is 2.91. The Morgan fingerprint density at radius 3 is 2.20 bits per heavy atom. The van der Waals surface area contributed by atoms with Crippen molar-refractivity contribution < 1.29 is 8.78 Å². The maximum absolute atomic E-state index is 13.4. The van der Waals surface area contributed by atoms with Crippen LogP contribution >= 0.6 is 39.1 Å². The lowest BCUT2D eigenvalue weighted by atomic mass is 9.98. The smallest absolute Gasteiger partial charge is 0.160 e. The molecule has 1 atom stereocenters. The van der Waals surface area contributed by atoms with E-state index in [2.05, 4.69) is 21.2 Å². The van der Waals surface area contributed by atoms with E-state index >= 15 is 0 Å². The van der Waals surface area contributed by atoms with Gasteiger partial charge < -0.3 is 5.32 Å². The highest BCUT2D eigenvalue weighted by Gasteiger charge is 2.20. The Balaban J connectivity index is 2.55. The van der Waals surface area contributed by atoms with Gasteiger partial charge in [-0.1, -0.05) is 45.2 Å². The fraction of sp³-hybridized carbons (Fsp3) is 0.143. The van der Waals surface area contributed by atoms with E-state index < -0.39 is 17.7 Å². The van der Waals surface area contributed by atoms with Gasteiger partial charge in [0.25, 0.3) is 0 Å². The summed E-state index contributed by atoms with van der Waals surface area (Å²) in [4.78, 5) is 0. The van der Waals surface area contributed by atoms with Crippen molar-refractivity contribution in [2.24, 2.45) is 0 Å². The molecule has 6 heteroatoms. The molecule has 0 aliphatic carbocycles. The van der Waals surface area contributed by atoms with Crippen LogP contribution in [0.4, 0.5) is 8.78 Å². The Labute approximate surface area is 134 Å². The first-order valence-corrected chi connectivity index (χ1v) is 7.25. The maximum atomic E-state index is 13.4. The Bertz CT molecular complexity index is 649. The molecule has 0 amide bonds. The number of nitrogens with one attached hydrogen (secondary N) is 1. The van der Waals surface area contributed by atoms with E-state index in [0.717, 1.165) is 22.2 Å².